The standard InChI is InChI=1S/C18H26N2O3.ClH/c1-3-20(17(21)18(2)10-6-7-11-19-18)12-14-13-22-15-8-4-5-9-16(15)23-14;/h4-5,8-9,14,19H,3,6-7,10-13H2,1-2H3;1H. The summed E-state index contributed by atoms with van der Waals surface area (Å²) in [6, 6.07) is 7.67. The molecule has 0 aromatic heterocycles. The van der Waals surface area contributed by atoms with E-state index >= 15 is 0 Å². The number of hydrogen-bond donors (Lipinski definition) is 1. The number of likely N-dealkylation sites (N-methyl/N-ethyl adjacent to an activating group) is 1. The first-order chi connectivity index (χ1) is 11.1. The Balaban J connectivity index is 0.00000208. The van der Waals surface area contributed by atoms with E-state index in [0.717, 1.165) is 37.3 Å². The fourth-order valence-electron chi connectivity index (χ4n) is 3.34. The molecule has 0 saturated carbocycles. The van der Waals surface area contributed by atoms with Gasteiger partial charge in [0.05, 0.1) is 12.1 Å². The first kappa shape index (κ1) is 18.9. The Morgan fingerprint density at radius 1 is 1.33 bits per heavy atom. The zero-order valence-corrected chi connectivity index (χ0v) is 15.2. The molecule has 3 rings (SSSR count). The minimum absolute atomic E-state index is 0. The van der Waals surface area contributed by atoms with E-state index in [1.807, 2.05) is 43.0 Å². The molecule has 6 heteroatoms. The van der Waals surface area contributed by atoms with Gasteiger partial charge in [-0.05, 0) is 51.8 Å². The van der Waals surface area contributed by atoms with E-state index < -0.39 is 5.54 Å². The normalized spacial score (nSPS) is 25.5. The van der Waals surface area contributed by atoms with Gasteiger partial charge in [0.2, 0.25) is 5.91 Å². The van der Waals surface area contributed by atoms with Crippen molar-refractivity contribution in [3.05, 3.63) is 24.3 Å². The van der Waals surface area contributed by atoms with Crippen LogP contribution < -0.4 is 14.8 Å². The van der Waals surface area contributed by atoms with Gasteiger partial charge >= 0.3 is 0 Å². The van der Waals surface area contributed by atoms with Crippen LogP contribution in [-0.4, -0.2) is 48.7 Å². The van der Waals surface area contributed by atoms with Crippen LogP contribution in [0.1, 0.15) is 33.1 Å². The largest absolute Gasteiger partial charge is 0.486 e. The Morgan fingerprint density at radius 3 is 2.75 bits per heavy atom. The van der Waals surface area contributed by atoms with Gasteiger partial charge in [0.1, 0.15) is 6.61 Å². The van der Waals surface area contributed by atoms with E-state index in [-0.39, 0.29) is 24.4 Å². The summed E-state index contributed by atoms with van der Waals surface area (Å²) in [5.41, 5.74) is -0.443. The van der Waals surface area contributed by atoms with Gasteiger partial charge in [-0.2, -0.15) is 0 Å². The van der Waals surface area contributed by atoms with Crippen LogP contribution in [0.25, 0.3) is 0 Å². The molecule has 1 N–H and O–H groups in total. The van der Waals surface area contributed by atoms with Crippen LogP contribution in [0.3, 0.4) is 0 Å². The van der Waals surface area contributed by atoms with Crippen LogP contribution in [0.4, 0.5) is 0 Å². The highest BCUT2D eigenvalue weighted by atomic mass is 35.5. The number of hydrogen-bond acceptors (Lipinski definition) is 4. The summed E-state index contributed by atoms with van der Waals surface area (Å²) in [5.74, 6) is 1.70. The van der Waals surface area contributed by atoms with Crippen molar-refractivity contribution in [3.8, 4) is 11.5 Å². The highest BCUT2D eigenvalue weighted by Crippen LogP contribution is 2.31. The van der Waals surface area contributed by atoms with Crippen LogP contribution in [0.2, 0.25) is 0 Å². The molecule has 1 aromatic carbocycles. The maximum Gasteiger partial charge on any atom is 0.242 e. The third-order valence-electron chi connectivity index (χ3n) is 4.75. The molecule has 0 spiro atoms. The number of carbonyl (C=O) groups is 1. The lowest BCUT2D eigenvalue weighted by atomic mass is 9.89. The number of nitrogens with zero attached hydrogens (tertiary/aromatic N) is 1. The summed E-state index contributed by atoms with van der Waals surface area (Å²) in [7, 11) is 0. The molecule has 0 radical (unpaired) electrons. The second kappa shape index (κ2) is 8.08. The molecule has 1 amide bonds. The summed E-state index contributed by atoms with van der Waals surface area (Å²) in [6.45, 7) is 6.66. The number of ether oxygens (including phenoxy) is 2. The Hall–Kier alpha value is -1.46. The second-order valence-electron chi connectivity index (χ2n) is 6.56. The lowest BCUT2D eigenvalue weighted by Gasteiger charge is -2.39. The average molecular weight is 355 g/mol. The monoisotopic (exact) mass is 354 g/mol. The zero-order chi connectivity index (χ0) is 16.3. The molecule has 5 nitrogen and oxygen atoms in total. The summed E-state index contributed by atoms with van der Waals surface area (Å²) in [4.78, 5) is 14.8. The summed E-state index contributed by atoms with van der Waals surface area (Å²) >= 11 is 0. The Labute approximate surface area is 150 Å². The molecule has 1 aromatic rings. The van der Waals surface area contributed by atoms with Crippen LogP contribution in [0, 0.1) is 0 Å². The number of halogens is 1. The second-order valence-corrected chi connectivity index (χ2v) is 6.56. The van der Waals surface area contributed by atoms with Gasteiger partial charge < -0.3 is 19.7 Å². The van der Waals surface area contributed by atoms with Gasteiger partial charge in [0.15, 0.2) is 17.6 Å². The number of rotatable bonds is 4. The van der Waals surface area contributed by atoms with E-state index in [0.29, 0.717) is 19.7 Å². The molecule has 2 heterocycles. The van der Waals surface area contributed by atoms with Crippen LogP contribution in [-0.2, 0) is 4.79 Å². The minimum atomic E-state index is -0.443. The highest BCUT2D eigenvalue weighted by molar-refractivity contribution is 5.86. The van der Waals surface area contributed by atoms with Crippen molar-refractivity contribution in [2.45, 2.75) is 44.8 Å². The van der Waals surface area contributed by atoms with Gasteiger partial charge in [0.25, 0.3) is 0 Å². The number of carbonyl (C=O) groups excluding carboxylic acids is 1. The number of nitrogens with one attached hydrogen (secondary N) is 1. The van der Waals surface area contributed by atoms with Crippen molar-refractivity contribution in [2.24, 2.45) is 0 Å². The van der Waals surface area contributed by atoms with Crippen LogP contribution >= 0.6 is 12.4 Å². The van der Waals surface area contributed by atoms with E-state index in [9.17, 15) is 4.79 Å². The van der Waals surface area contributed by atoms with Crippen molar-refractivity contribution in [1.29, 1.82) is 0 Å². The minimum Gasteiger partial charge on any atom is -0.486 e. The number of piperidine rings is 1. The van der Waals surface area contributed by atoms with Crippen molar-refractivity contribution >= 4 is 18.3 Å². The zero-order valence-electron chi connectivity index (χ0n) is 14.4. The topological polar surface area (TPSA) is 50.8 Å². The summed E-state index contributed by atoms with van der Waals surface area (Å²) < 4.78 is 11.7. The Bertz CT molecular complexity index is 561. The van der Waals surface area contributed by atoms with Crippen molar-refractivity contribution < 1.29 is 14.3 Å². The number of benzene rings is 1. The van der Waals surface area contributed by atoms with Gasteiger partial charge in [-0.1, -0.05) is 12.1 Å². The third-order valence-corrected chi connectivity index (χ3v) is 4.75. The maximum absolute atomic E-state index is 12.9. The van der Waals surface area contributed by atoms with Gasteiger partial charge in [-0.15, -0.1) is 12.4 Å². The Morgan fingerprint density at radius 2 is 2.08 bits per heavy atom. The molecule has 134 valence electrons. The summed E-state index contributed by atoms with van der Waals surface area (Å²) in [6.07, 6.45) is 3.02. The third kappa shape index (κ3) is 3.95. The first-order valence-electron chi connectivity index (χ1n) is 8.55. The van der Waals surface area contributed by atoms with E-state index in [2.05, 4.69) is 5.32 Å². The van der Waals surface area contributed by atoms with E-state index in [4.69, 9.17) is 9.47 Å². The van der Waals surface area contributed by atoms with E-state index in [1.165, 1.54) is 0 Å². The molecule has 2 unspecified atom stereocenters. The average Bonchev–Trinajstić information content (AvgIpc) is 2.59. The molecule has 2 aliphatic rings. The molecular weight excluding hydrogens is 328 g/mol. The first-order valence-corrected chi connectivity index (χ1v) is 8.55. The maximum atomic E-state index is 12.9. The van der Waals surface area contributed by atoms with Crippen LogP contribution in [0.5, 0.6) is 11.5 Å². The quantitative estimate of drug-likeness (QED) is 0.903. The lowest BCUT2D eigenvalue weighted by molar-refractivity contribution is -0.140. The lowest BCUT2D eigenvalue weighted by Crippen LogP contribution is -2.59. The van der Waals surface area contributed by atoms with Crippen molar-refractivity contribution in [1.82, 2.24) is 10.2 Å². The van der Waals surface area contributed by atoms with Gasteiger partial charge in [-0.3, -0.25) is 4.79 Å². The molecule has 1 saturated heterocycles. The predicted molar refractivity (Wildman–Crippen MR) is 96.1 cm³/mol. The molecule has 1 fully saturated rings. The Kier molecular flexibility index (Phi) is 6.35. The van der Waals surface area contributed by atoms with Gasteiger partial charge in [0, 0.05) is 6.54 Å². The fourth-order valence-corrected chi connectivity index (χ4v) is 3.34. The van der Waals surface area contributed by atoms with Crippen LogP contribution in [0.15, 0.2) is 24.3 Å². The summed E-state index contributed by atoms with van der Waals surface area (Å²) in [5, 5.41) is 3.40. The molecule has 2 aliphatic heterocycles. The molecule has 0 bridgehead atoms. The fraction of sp³-hybridized carbons (Fsp3) is 0.611. The number of fused-ring (bicyclic) bond motifs is 1. The highest BCUT2D eigenvalue weighted by Gasteiger charge is 2.38. The molecule has 24 heavy (non-hydrogen) atoms. The molecule has 0 aliphatic carbocycles. The SMILES string of the molecule is CCN(CC1COc2ccccc2O1)C(=O)C1(C)CCCCN1.Cl. The molecular formula is C18H27ClN2O3. The smallest absolute Gasteiger partial charge is 0.242 e. The van der Waals surface area contributed by atoms with Gasteiger partial charge in [-0.25, -0.2) is 0 Å². The number of para-hydroxylation sites is 2. The number of amides is 1. The molecule has 2 atom stereocenters. The van der Waals surface area contributed by atoms with Crippen molar-refractivity contribution in [3.63, 3.8) is 0 Å². The van der Waals surface area contributed by atoms with Crippen molar-refractivity contribution in [2.75, 3.05) is 26.2 Å². The predicted octanol–water partition coefficient (Wildman–Crippen LogP) is 2.63. The van der Waals surface area contributed by atoms with E-state index in [1.54, 1.807) is 0 Å².